The summed E-state index contributed by atoms with van der Waals surface area (Å²) >= 11 is 0. The summed E-state index contributed by atoms with van der Waals surface area (Å²) in [4.78, 5) is 15.9. The number of aromatic nitrogens is 2. The minimum Gasteiger partial charge on any atom is -0.481 e. The van der Waals surface area contributed by atoms with Gasteiger partial charge in [0, 0.05) is 29.8 Å². The maximum Gasteiger partial charge on any atom is 0.310 e. The van der Waals surface area contributed by atoms with Crippen molar-refractivity contribution in [1.82, 2.24) is 10.2 Å². The van der Waals surface area contributed by atoms with E-state index in [1.807, 2.05) is 0 Å². The van der Waals surface area contributed by atoms with Crippen LogP contribution in [0.15, 0.2) is 29.8 Å². The summed E-state index contributed by atoms with van der Waals surface area (Å²) in [5.41, 5.74) is 13.9. The average Bonchev–Trinajstić information content (AvgIpc) is 3.41. The van der Waals surface area contributed by atoms with E-state index in [-0.39, 0.29) is 33.0 Å². The van der Waals surface area contributed by atoms with E-state index in [2.05, 4.69) is 82.7 Å². The van der Waals surface area contributed by atoms with Gasteiger partial charge in [-0.25, -0.2) is 0 Å². The van der Waals surface area contributed by atoms with E-state index in [4.69, 9.17) is 15.6 Å². The van der Waals surface area contributed by atoms with Crippen LogP contribution in [0.3, 0.4) is 0 Å². The molecule has 3 saturated carbocycles. The number of nitrogens with two attached hydrogens (primary N) is 1. The molecule has 1 aromatic carbocycles. The normalized spacial score (nSPS) is 39.8. The number of ether oxygens (including phenoxy) is 1. The maximum atomic E-state index is 13.5. The van der Waals surface area contributed by atoms with Crippen LogP contribution in [0.5, 0.6) is 0 Å². The third-order valence-corrected chi connectivity index (χ3v) is 15.9. The van der Waals surface area contributed by atoms with E-state index in [9.17, 15) is 9.90 Å². The molecule has 0 bridgehead atoms. The quantitative estimate of drug-likeness (QED) is 0.308. The van der Waals surface area contributed by atoms with Gasteiger partial charge in [0.2, 0.25) is 0 Å². The SMILES string of the molecule is CC1(C)CCC2(C(=O)O)CCC3(C)C(=C(c4ccc(N5CCOCC5)cc4)CC4C5(C)Cc6c(n[nH]c6N)C(C)(C)C5CCC43C)C2C1. The number of hydrogen-bond donors (Lipinski definition) is 3. The Morgan fingerprint density at radius 2 is 1.65 bits per heavy atom. The highest BCUT2D eigenvalue weighted by atomic mass is 16.5. The van der Waals surface area contributed by atoms with Crippen molar-refractivity contribution in [3.05, 3.63) is 46.7 Å². The number of allylic oxidation sites excluding steroid dienone is 2. The van der Waals surface area contributed by atoms with Crippen LogP contribution in [0.1, 0.15) is 117 Å². The number of nitrogens with zero attached hydrogens (tertiary/aromatic N) is 2. The molecule has 5 aliphatic carbocycles. The first-order valence-electron chi connectivity index (χ1n) is 18.8. The van der Waals surface area contributed by atoms with E-state index in [1.54, 1.807) is 0 Å². The van der Waals surface area contributed by atoms with Gasteiger partial charge in [0.1, 0.15) is 5.82 Å². The van der Waals surface area contributed by atoms with Gasteiger partial charge >= 0.3 is 5.97 Å². The van der Waals surface area contributed by atoms with Crippen molar-refractivity contribution in [3.8, 4) is 0 Å². The Labute approximate surface area is 287 Å². The van der Waals surface area contributed by atoms with Crippen LogP contribution >= 0.6 is 0 Å². The lowest BCUT2D eigenvalue weighted by molar-refractivity contribution is -0.175. The van der Waals surface area contributed by atoms with Crippen molar-refractivity contribution < 1.29 is 14.6 Å². The van der Waals surface area contributed by atoms with Gasteiger partial charge in [-0.3, -0.25) is 9.89 Å². The van der Waals surface area contributed by atoms with Crippen LogP contribution in [0.2, 0.25) is 0 Å². The summed E-state index contributed by atoms with van der Waals surface area (Å²) in [6.07, 6.45) is 8.68. The molecule has 7 atom stereocenters. The zero-order chi connectivity index (χ0) is 34.1. The Morgan fingerprint density at radius 3 is 2.33 bits per heavy atom. The van der Waals surface area contributed by atoms with Crippen LogP contribution in [0.4, 0.5) is 11.5 Å². The van der Waals surface area contributed by atoms with Crippen LogP contribution < -0.4 is 10.6 Å². The van der Waals surface area contributed by atoms with Gasteiger partial charge in [-0.15, -0.1) is 0 Å². The van der Waals surface area contributed by atoms with Crippen LogP contribution in [0, 0.1) is 44.8 Å². The Morgan fingerprint density at radius 1 is 0.958 bits per heavy atom. The molecular formula is C41H58N4O3. The fourth-order valence-electron chi connectivity index (χ4n) is 13.1. The fraction of sp³-hybridized carbons (Fsp3) is 0.707. The molecule has 1 aliphatic heterocycles. The molecule has 7 unspecified atom stereocenters. The molecule has 1 aromatic heterocycles. The standard InChI is InChI=1S/C41H58N4O3/c1-36(2)14-16-41(35(46)47)17-15-40(7)32(29(41)24-36)27(25-8-10-26(11-9-25)45-18-20-48-21-19-45)22-31-38(5)23-28-33(43-44-34(28)42)37(3,4)30(38)12-13-39(31,40)6/h8-11,29-31H,12-24H2,1-7H3,(H,46,47)(H3,42,43,44). The number of aromatic amines is 1. The van der Waals surface area contributed by atoms with Gasteiger partial charge in [-0.2, -0.15) is 5.10 Å². The lowest BCUT2D eigenvalue weighted by Gasteiger charge is -2.71. The number of nitrogens with one attached hydrogen (secondary N) is 1. The van der Waals surface area contributed by atoms with Crippen molar-refractivity contribution in [3.63, 3.8) is 0 Å². The number of fused-ring (bicyclic) bond motifs is 8. The Hall–Kier alpha value is -2.80. The second-order valence-corrected chi connectivity index (χ2v) is 18.9. The van der Waals surface area contributed by atoms with Crippen LogP contribution in [-0.4, -0.2) is 47.6 Å². The van der Waals surface area contributed by atoms with Crippen LogP contribution in [0.25, 0.3) is 5.57 Å². The molecule has 6 aliphatic rings. The Bertz CT molecular complexity index is 1670. The van der Waals surface area contributed by atoms with Crippen molar-refractivity contribution in [2.45, 2.75) is 112 Å². The van der Waals surface area contributed by atoms with Gasteiger partial charge in [0.25, 0.3) is 0 Å². The highest BCUT2D eigenvalue weighted by Crippen LogP contribution is 2.77. The second-order valence-electron chi connectivity index (χ2n) is 18.9. The third kappa shape index (κ3) is 4.21. The molecule has 0 spiro atoms. The number of rotatable bonds is 3. The number of H-pyrrole nitrogens is 1. The van der Waals surface area contributed by atoms with Gasteiger partial charge in [0.05, 0.1) is 24.3 Å². The predicted molar refractivity (Wildman–Crippen MR) is 192 cm³/mol. The first-order valence-corrected chi connectivity index (χ1v) is 18.8. The number of carbonyl (C=O) groups is 1. The Balaban J connectivity index is 1.33. The molecule has 2 aromatic rings. The third-order valence-electron chi connectivity index (χ3n) is 15.9. The topological polar surface area (TPSA) is 104 Å². The summed E-state index contributed by atoms with van der Waals surface area (Å²) in [6.45, 7) is 20.7. The monoisotopic (exact) mass is 654 g/mol. The molecule has 7 nitrogen and oxygen atoms in total. The lowest BCUT2D eigenvalue weighted by Crippen LogP contribution is -2.65. The molecule has 0 amide bonds. The molecule has 7 heteroatoms. The molecule has 48 heavy (non-hydrogen) atoms. The van der Waals surface area contributed by atoms with E-state index in [0.717, 1.165) is 95.6 Å². The Kier molecular flexibility index (Phi) is 7.00. The molecule has 4 fully saturated rings. The zero-order valence-corrected chi connectivity index (χ0v) is 30.5. The van der Waals surface area contributed by atoms with Gasteiger partial charge in [0.15, 0.2) is 0 Å². The molecule has 8 rings (SSSR count). The predicted octanol–water partition coefficient (Wildman–Crippen LogP) is 8.26. The highest BCUT2D eigenvalue weighted by molar-refractivity contribution is 5.80. The van der Waals surface area contributed by atoms with Crippen molar-refractivity contribution in [2.75, 3.05) is 36.9 Å². The number of carboxylic acids is 1. The number of carboxylic acid groups (broad SMARTS) is 1. The van der Waals surface area contributed by atoms with E-state index in [1.165, 1.54) is 28.0 Å². The molecular weight excluding hydrogens is 596 g/mol. The first kappa shape index (κ1) is 32.4. The van der Waals surface area contributed by atoms with E-state index >= 15 is 0 Å². The van der Waals surface area contributed by atoms with E-state index < -0.39 is 11.4 Å². The minimum atomic E-state index is -0.680. The molecule has 260 valence electrons. The second kappa shape index (κ2) is 10.4. The number of nitrogen functional groups attached to an aromatic ring is 1. The molecule has 1 saturated heterocycles. The maximum absolute atomic E-state index is 13.5. The largest absolute Gasteiger partial charge is 0.481 e. The first-order chi connectivity index (χ1) is 22.6. The summed E-state index contributed by atoms with van der Waals surface area (Å²) in [6, 6.07) is 9.34. The molecule has 0 radical (unpaired) electrons. The molecule has 4 N–H and O–H groups in total. The summed E-state index contributed by atoms with van der Waals surface area (Å²) in [7, 11) is 0. The van der Waals surface area contributed by atoms with Gasteiger partial charge < -0.3 is 20.5 Å². The minimum absolute atomic E-state index is 0.0300. The summed E-state index contributed by atoms with van der Waals surface area (Å²) in [5, 5.41) is 19.1. The average molecular weight is 655 g/mol. The summed E-state index contributed by atoms with van der Waals surface area (Å²) < 4.78 is 5.65. The van der Waals surface area contributed by atoms with Crippen LogP contribution in [-0.2, 0) is 21.4 Å². The number of anilines is 2. The van der Waals surface area contributed by atoms with Gasteiger partial charge in [-0.05, 0) is 120 Å². The van der Waals surface area contributed by atoms with Crippen molar-refractivity contribution in [1.29, 1.82) is 0 Å². The van der Waals surface area contributed by atoms with Gasteiger partial charge in [-0.1, -0.05) is 66.2 Å². The van der Waals surface area contributed by atoms with Crippen molar-refractivity contribution in [2.24, 2.45) is 44.8 Å². The zero-order valence-electron chi connectivity index (χ0n) is 30.5. The highest BCUT2D eigenvalue weighted by Gasteiger charge is 2.70. The van der Waals surface area contributed by atoms with E-state index in [0.29, 0.717) is 11.8 Å². The number of morpholine rings is 1. The number of aliphatic carboxylic acids is 1. The summed E-state index contributed by atoms with van der Waals surface area (Å²) in [5.74, 6) is 1.13. The van der Waals surface area contributed by atoms with Crippen molar-refractivity contribution >= 4 is 23.0 Å². The molecule has 2 heterocycles. The number of benzene rings is 1. The fourth-order valence-corrected chi connectivity index (χ4v) is 13.1. The smallest absolute Gasteiger partial charge is 0.310 e. The lowest BCUT2D eigenvalue weighted by atomic mass is 9.33. The number of hydrogen-bond acceptors (Lipinski definition) is 5.